The fraction of sp³-hybridized carbons (Fsp3) is 0.0714. The van der Waals surface area contributed by atoms with Gasteiger partial charge in [-0.25, -0.2) is 0 Å². The topological polar surface area (TPSA) is 20.2 Å². The first-order chi connectivity index (χ1) is 16.3. The molecule has 1 N–H and O–H groups in total. The third-order valence-corrected chi connectivity index (χ3v) is 13.6. The minimum Gasteiger partial charge on any atom is -0.391 e. The van der Waals surface area contributed by atoms with Crippen LogP contribution in [0.25, 0.3) is 0 Å². The Bertz CT molecular complexity index is 1200. The molecule has 0 saturated heterocycles. The second kappa shape index (κ2) is 10.4. The third kappa shape index (κ3) is 4.87. The summed E-state index contributed by atoms with van der Waals surface area (Å²) in [5, 5.41) is 13.6. The smallest absolute Gasteiger partial charge is 0.117 e. The molecule has 0 aliphatic carbocycles. The van der Waals surface area contributed by atoms with E-state index in [2.05, 4.69) is 109 Å². The molecule has 2 heterocycles. The second-order valence-electron chi connectivity index (χ2n) is 7.68. The summed E-state index contributed by atoms with van der Waals surface area (Å²) in [6.45, 7) is 0.110. The van der Waals surface area contributed by atoms with Gasteiger partial charge >= 0.3 is 0 Å². The molecule has 33 heavy (non-hydrogen) atoms. The molecule has 2 aromatic heterocycles. The van der Waals surface area contributed by atoms with Crippen molar-refractivity contribution in [1.82, 2.24) is 0 Å². The molecule has 3 aromatic carbocycles. The molecule has 0 fully saturated rings. The summed E-state index contributed by atoms with van der Waals surface area (Å²) in [6.07, 6.45) is 1.00. The Morgan fingerprint density at radius 2 is 0.970 bits per heavy atom. The fourth-order valence-electron chi connectivity index (χ4n) is 4.10. The van der Waals surface area contributed by atoms with Crippen molar-refractivity contribution in [2.75, 3.05) is 0 Å². The van der Waals surface area contributed by atoms with E-state index in [1.54, 1.807) is 23.1 Å². The predicted octanol–water partition coefficient (Wildman–Crippen LogP) is 6.95. The molecule has 0 unspecified atom stereocenters. The maximum atomic E-state index is 9.38. The Balaban J connectivity index is 1.58. The molecule has 0 aliphatic heterocycles. The van der Waals surface area contributed by atoms with E-state index in [0.29, 0.717) is 0 Å². The number of thiophene rings is 2. The average Bonchev–Trinajstić information content (AvgIpc) is 3.53. The summed E-state index contributed by atoms with van der Waals surface area (Å²) in [7, 11) is -1.87. The summed E-state index contributed by atoms with van der Waals surface area (Å²) in [4.78, 5) is 2.41. The van der Waals surface area contributed by atoms with Crippen LogP contribution in [0.2, 0.25) is 0 Å². The van der Waals surface area contributed by atoms with Gasteiger partial charge in [-0.2, -0.15) is 0 Å². The molecular formula is C28H24OPS3+. The van der Waals surface area contributed by atoms with Crippen LogP contribution in [0.1, 0.15) is 9.75 Å². The maximum absolute atomic E-state index is 9.38. The lowest BCUT2D eigenvalue weighted by molar-refractivity contribution is 0.285. The van der Waals surface area contributed by atoms with Gasteiger partial charge in [0.2, 0.25) is 0 Å². The van der Waals surface area contributed by atoms with E-state index in [9.17, 15) is 5.11 Å². The summed E-state index contributed by atoms with van der Waals surface area (Å²) in [5.74, 6) is 0. The molecular weight excluding hydrogens is 479 g/mol. The van der Waals surface area contributed by atoms with Gasteiger partial charge in [0, 0.05) is 9.75 Å². The molecule has 5 aromatic rings. The Kier molecular flexibility index (Phi) is 7.10. The van der Waals surface area contributed by atoms with Crippen LogP contribution in [-0.4, -0.2) is 5.11 Å². The lowest BCUT2D eigenvalue weighted by Gasteiger charge is -2.27. The first-order valence-electron chi connectivity index (χ1n) is 10.8. The van der Waals surface area contributed by atoms with E-state index < -0.39 is 7.26 Å². The molecule has 0 radical (unpaired) electrons. The van der Waals surface area contributed by atoms with Gasteiger partial charge < -0.3 is 5.11 Å². The third-order valence-electron chi connectivity index (χ3n) is 5.61. The SMILES string of the molecule is OCc1ccc(Sc2ccc(C[P+](c3ccccc3)(c3ccccc3)c3ccccc3)s2)s1. The second-order valence-corrected chi connectivity index (χ2v) is 15.1. The Labute approximate surface area is 208 Å². The molecule has 0 bridgehead atoms. The molecule has 0 atom stereocenters. The van der Waals surface area contributed by atoms with E-state index in [0.717, 1.165) is 11.0 Å². The first-order valence-corrected chi connectivity index (χ1v) is 15.2. The molecule has 0 amide bonds. The van der Waals surface area contributed by atoms with Crippen molar-refractivity contribution in [2.24, 2.45) is 0 Å². The van der Waals surface area contributed by atoms with E-state index in [1.807, 2.05) is 17.4 Å². The lowest BCUT2D eigenvalue weighted by atomic mass is 10.4. The van der Waals surface area contributed by atoms with E-state index in [1.165, 1.54) is 29.2 Å². The summed E-state index contributed by atoms with van der Waals surface area (Å²) < 4.78 is 2.52. The van der Waals surface area contributed by atoms with Crippen molar-refractivity contribution in [3.8, 4) is 0 Å². The zero-order chi connectivity index (χ0) is 22.5. The van der Waals surface area contributed by atoms with Crippen LogP contribution in [0.3, 0.4) is 0 Å². The zero-order valence-electron chi connectivity index (χ0n) is 18.0. The summed E-state index contributed by atoms with van der Waals surface area (Å²) in [5.41, 5.74) is 0. The number of aliphatic hydroxyl groups excluding tert-OH is 1. The van der Waals surface area contributed by atoms with Crippen LogP contribution in [0.4, 0.5) is 0 Å². The van der Waals surface area contributed by atoms with Gasteiger partial charge in [0.1, 0.15) is 29.3 Å². The minimum atomic E-state index is -1.87. The quantitative estimate of drug-likeness (QED) is 0.231. The van der Waals surface area contributed by atoms with Crippen molar-refractivity contribution in [2.45, 2.75) is 21.2 Å². The molecule has 0 spiro atoms. The highest BCUT2D eigenvalue weighted by atomic mass is 32.2. The Morgan fingerprint density at radius 1 is 0.545 bits per heavy atom. The van der Waals surface area contributed by atoms with Gasteiger partial charge in [-0.3, -0.25) is 0 Å². The van der Waals surface area contributed by atoms with Crippen molar-refractivity contribution >= 4 is 57.6 Å². The van der Waals surface area contributed by atoms with Gasteiger partial charge in [-0.15, -0.1) is 22.7 Å². The Morgan fingerprint density at radius 3 is 1.39 bits per heavy atom. The van der Waals surface area contributed by atoms with Gasteiger partial charge in [0.25, 0.3) is 0 Å². The number of aliphatic hydroxyl groups is 1. The molecule has 0 saturated carbocycles. The van der Waals surface area contributed by atoms with E-state index >= 15 is 0 Å². The van der Waals surface area contributed by atoms with Crippen molar-refractivity contribution in [3.05, 3.63) is 125 Å². The number of hydrogen-bond donors (Lipinski definition) is 1. The first kappa shape index (κ1) is 22.6. The average molecular weight is 504 g/mol. The van der Waals surface area contributed by atoms with Crippen LogP contribution in [-0.2, 0) is 12.8 Å². The van der Waals surface area contributed by atoms with Gasteiger partial charge in [-0.1, -0.05) is 66.4 Å². The van der Waals surface area contributed by atoms with Crippen LogP contribution >= 0.6 is 41.7 Å². The normalized spacial score (nSPS) is 11.5. The highest BCUT2D eigenvalue weighted by molar-refractivity contribution is 8.03. The van der Waals surface area contributed by atoms with E-state index in [4.69, 9.17) is 0 Å². The predicted molar refractivity (Wildman–Crippen MR) is 148 cm³/mol. The number of hydrogen-bond acceptors (Lipinski definition) is 4. The largest absolute Gasteiger partial charge is 0.391 e. The molecule has 164 valence electrons. The Hall–Kier alpha value is -2.20. The van der Waals surface area contributed by atoms with Crippen molar-refractivity contribution in [3.63, 3.8) is 0 Å². The zero-order valence-corrected chi connectivity index (χ0v) is 21.3. The molecule has 5 rings (SSSR count). The van der Waals surface area contributed by atoms with E-state index in [-0.39, 0.29) is 6.61 Å². The monoisotopic (exact) mass is 503 g/mol. The van der Waals surface area contributed by atoms with Gasteiger partial charge in [0.05, 0.1) is 15.0 Å². The summed E-state index contributed by atoms with van der Waals surface area (Å²) >= 11 is 5.35. The standard InChI is InChI=1S/C28H24OPS3/c29-20-25-16-18-27(31-25)33-28-19-17-26(32-28)21-30(22-10-4-1-5-11-22,23-12-6-2-7-13-23)24-14-8-3-9-15-24/h1-19,29H,20-21H2/q+1. The van der Waals surface area contributed by atoms with Crippen molar-refractivity contribution in [1.29, 1.82) is 0 Å². The summed E-state index contributed by atoms with van der Waals surface area (Å²) in [6, 6.07) is 41.8. The highest BCUT2D eigenvalue weighted by Crippen LogP contribution is 2.59. The maximum Gasteiger partial charge on any atom is 0.117 e. The van der Waals surface area contributed by atoms with Crippen LogP contribution in [0, 0.1) is 0 Å². The molecule has 5 heteroatoms. The van der Waals surface area contributed by atoms with Gasteiger partial charge in [-0.05, 0) is 60.7 Å². The number of rotatable bonds is 8. The van der Waals surface area contributed by atoms with Crippen LogP contribution < -0.4 is 15.9 Å². The highest BCUT2D eigenvalue weighted by Gasteiger charge is 2.45. The van der Waals surface area contributed by atoms with Crippen LogP contribution in [0.15, 0.2) is 124 Å². The fourth-order valence-corrected chi connectivity index (χ4v) is 12.3. The minimum absolute atomic E-state index is 0.110. The van der Waals surface area contributed by atoms with Gasteiger partial charge in [0.15, 0.2) is 0 Å². The van der Waals surface area contributed by atoms with Crippen LogP contribution in [0.5, 0.6) is 0 Å². The number of benzene rings is 3. The lowest BCUT2D eigenvalue weighted by Crippen LogP contribution is -2.32. The molecule has 1 nitrogen and oxygen atoms in total. The van der Waals surface area contributed by atoms with Crippen molar-refractivity contribution < 1.29 is 5.11 Å². The molecule has 0 aliphatic rings.